The fourth-order valence-corrected chi connectivity index (χ4v) is 1.56. The third kappa shape index (κ3) is 1.87. The Bertz CT molecular complexity index is 467. The minimum Gasteiger partial charge on any atom is -0.354 e. The zero-order chi connectivity index (χ0) is 10.8. The molecule has 0 unspecified atom stereocenters. The van der Waals surface area contributed by atoms with Crippen LogP contribution in [0.4, 0.5) is 4.39 Å². The van der Waals surface area contributed by atoms with E-state index >= 15 is 0 Å². The number of rotatable bonds is 2. The first-order valence-electron chi connectivity index (χ1n) is 4.40. The molecule has 0 saturated carbocycles. The summed E-state index contributed by atoms with van der Waals surface area (Å²) < 4.78 is 17.8. The zero-order valence-electron chi connectivity index (χ0n) is 8.07. The molecule has 0 aliphatic heterocycles. The number of pyridine rings is 1. The molecular formula is C10H9FN2OS. The van der Waals surface area contributed by atoms with Gasteiger partial charge in [-0.25, -0.2) is 9.37 Å². The van der Waals surface area contributed by atoms with Gasteiger partial charge in [-0.15, -0.1) is 0 Å². The Balaban J connectivity index is 2.45. The summed E-state index contributed by atoms with van der Waals surface area (Å²) in [5.41, 5.74) is 2.25. The van der Waals surface area contributed by atoms with Crippen LogP contribution in [0.15, 0.2) is 22.9 Å². The van der Waals surface area contributed by atoms with Gasteiger partial charge < -0.3 is 4.52 Å². The van der Waals surface area contributed by atoms with Crippen molar-refractivity contribution < 1.29 is 8.91 Å². The standard InChI is InChI=1S/C10H9FN2OS/c1-6-9(5-15)13-14-10(6)8-3-2-7(11)4-12-8/h2-4,15H,5H2,1H3. The highest BCUT2D eigenvalue weighted by Crippen LogP contribution is 2.24. The number of thiol groups is 1. The summed E-state index contributed by atoms with van der Waals surface area (Å²) in [6, 6.07) is 2.90. The van der Waals surface area contributed by atoms with Gasteiger partial charge in [0.15, 0.2) is 5.76 Å². The molecule has 2 rings (SSSR count). The maximum absolute atomic E-state index is 12.7. The van der Waals surface area contributed by atoms with Crippen LogP contribution >= 0.6 is 12.6 Å². The lowest BCUT2D eigenvalue weighted by atomic mass is 10.2. The van der Waals surface area contributed by atoms with Crippen molar-refractivity contribution in [3.63, 3.8) is 0 Å². The summed E-state index contributed by atoms with van der Waals surface area (Å²) in [4.78, 5) is 3.92. The van der Waals surface area contributed by atoms with Gasteiger partial charge in [0.2, 0.25) is 0 Å². The molecule has 0 radical (unpaired) electrons. The molecule has 0 spiro atoms. The average Bonchev–Trinajstić information content (AvgIpc) is 2.61. The molecule has 0 aliphatic rings. The quantitative estimate of drug-likeness (QED) is 0.797. The molecule has 2 aromatic rings. The summed E-state index contributed by atoms with van der Waals surface area (Å²) in [5.74, 6) is 0.709. The molecule has 15 heavy (non-hydrogen) atoms. The van der Waals surface area contributed by atoms with E-state index in [-0.39, 0.29) is 5.82 Å². The third-order valence-corrected chi connectivity index (χ3v) is 2.43. The fraction of sp³-hybridized carbons (Fsp3) is 0.200. The minimum atomic E-state index is -0.370. The van der Waals surface area contributed by atoms with Crippen LogP contribution in [0, 0.1) is 12.7 Å². The molecule has 0 saturated heterocycles. The Morgan fingerprint density at radius 1 is 1.47 bits per heavy atom. The Hall–Kier alpha value is -1.36. The Morgan fingerprint density at radius 3 is 2.80 bits per heavy atom. The Labute approximate surface area is 91.7 Å². The second-order valence-electron chi connectivity index (χ2n) is 3.10. The molecule has 3 nitrogen and oxygen atoms in total. The van der Waals surface area contributed by atoms with Gasteiger partial charge in [-0.1, -0.05) is 5.16 Å². The van der Waals surface area contributed by atoms with Gasteiger partial charge in [0.1, 0.15) is 11.5 Å². The topological polar surface area (TPSA) is 38.9 Å². The van der Waals surface area contributed by atoms with Crippen molar-refractivity contribution in [2.24, 2.45) is 0 Å². The van der Waals surface area contributed by atoms with E-state index < -0.39 is 0 Å². The summed E-state index contributed by atoms with van der Waals surface area (Å²) >= 11 is 4.12. The van der Waals surface area contributed by atoms with Crippen LogP contribution < -0.4 is 0 Å². The lowest BCUT2D eigenvalue weighted by Gasteiger charge is -1.96. The lowest BCUT2D eigenvalue weighted by Crippen LogP contribution is -1.86. The first-order chi connectivity index (χ1) is 7.22. The number of aromatic nitrogens is 2. The zero-order valence-corrected chi connectivity index (χ0v) is 8.96. The van der Waals surface area contributed by atoms with Gasteiger partial charge in [0.05, 0.1) is 11.9 Å². The monoisotopic (exact) mass is 224 g/mol. The largest absolute Gasteiger partial charge is 0.354 e. The Morgan fingerprint density at radius 2 is 2.27 bits per heavy atom. The van der Waals surface area contributed by atoms with Crippen LogP contribution in [0.1, 0.15) is 11.3 Å². The van der Waals surface area contributed by atoms with Crippen LogP contribution in [0.3, 0.4) is 0 Å². The number of hydrogen-bond donors (Lipinski definition) is 1. The van der Waals surface area contributed by atoms with Crippen LogP contribution in [-0.2, 0) is 5.75 Å². The van der Waals surface area contributed by atoms with Crippen molar-refractivity contribution in [1.82, 2.24) is 10.1 Å². The molecule has 0 bridgehead atoms. The molecule has 5 heteroatoms. The van der Waals surface area contributed by atoms with Crippen LogP contribution in [0.2, 0.25) is 0 Å². The van der Waals surface area contributed by atoms with Gasteiger partial charge in [0.25, 0.3) is 0 Å². The van der Waals surface area contributed by atoms with E-state index in [1.54, 1.807) is 6.07 Å². The van der Waals surface area contributed by atoms with Crippen LogP contribution in [-0.4, -0.2) is 10.1 Å². The maximum Gasteiger partial charge on any atom is 0.188 e. The second-order valence-corrected chi connectivity index (χ2v) is 3.42. The van der Waals surface area contributed by atoms with E-state index in [1.165, 1.54) is 6.07 Å². The van der Waals surface area contributed by atoms with Crippen molar-refractivity contribution in [3.8, 4) is 11.5 Å². The van der Waals surface area contributed by atoms with E-state index in [9.17, 15) is 4.39 Å². The molecule has 2 heterocycles. The van der Waals surface area contributed by atoms with E-state index in [1.807, 2.05) is 6.92 Å². The van der Waals surface area contributed by atoms with E-state index in [4.69, 9.17) is 4.52 Å². The minimum absolute atomic E-state index is 0.370. The van der Waals surface area contributed by atoms with Crippen LogP contribution in [0.5, 0.6) is 0 Å². The summed E-state index contributed by atoms with van der Waals surface area (Å²) in [5, 5.41) is 3.85. The summed E-state index contributed by atoms with van der Waals surface area (Å²) in [6.45, 7) is 1.88. The second kappa shape index (κ2) is 4.02. The van der Waals surface area contributed by atoms with E-state index in [0.29, 0.717) is 17.2 Å². The Kier molecular flexibility index (Phi) is 2.73. The summed E-state index contributed by atoms with van der Waals surface area (Å²) in [7, 11) is 0. The van der Waals surface area contributed by atoms with Crippen LogP contribution in [0.25, 0.3) is 11.5 Å². The molecule has 78 valence electrons. The van der Waals surface area contributed by atoms with E-state index in [0.717, 1.165) is 17.5 Å². The van der Waals surface area contributed by atoms with Crippen molar-refractivity contribution in [2.75, 3.05) is 0 Å². The van der Waals surface area contributed by atoms with Crippen molar-refractivity contribution >= 4 is 12.6 Å². The first-order valence-corrected chi connectivity index (χ1v) is 5.03. The fourth-order valence-electron chi connectivity index (χ4n) is 1.27. The smallest absolute Gasteiger partial charge is 0.188 e. The molecule has 2 aromatic heterocycles. The molecule has 0 N–H and O–H groups in total. The number of hydrogen-bond acceptors (Lipinski definition) is 4. The average molecular weight is 224 g/mol. The third-order valence-electron chi connectivity index (χ3n) is 2.13. The number of nitrogens with zero attached hydrogens (tertiary/aromatic N) is 2. The molecule has 0 fully saturated rings. The van der Waals surface area contributed by atoms with Crippen molar-refractivity contribution in [2.45, 2.75) is 12.7 Å². The van der Waals surface area contributed by atoms with Gasteiger partial charge >= 0.3 is 0 Å². The molecular weight excluding hydrogens is 215 g/mol. The lowest BCUT2D eigenvalue weighted by molar-refractivity contribution is 0.425. The molecule has 0 aromatic carbocycles. The first kappa shape index (κ1) is 10.2. The molecule has 0 atom stereocenters. The van der Waals surface area contributed by atoms with Gasteiger partial charge in [-0.05, 0) is 19.1 Å². The van der Waals surface area contributed by atoms with Gasteiger partial charge in [-0.2, -0.15) is 12.6 Å². The SMILES string of the molecule is Cc1c(CS)noc1-c1ccc(F)cn1. The highest BCUT2D eigenvalue weighted by Gasteiger charge is 2.13. The molecule has 0 amide bonds. The number of halogens is 1. The predicted molar refractivity (Wildman–Crippen MR) is 57.1 cm³/mol. The normalized spacial score (nSPS) is 10.6. The maximum atomic E-state index is 12.7. The summed E-state index contributed by atoms with van der Waals surface area (Å²) in [6.07, 6.45) is 1.15. The highest BCUT2D eigenvalue weighted by molar-refractivity contribution is 7.79. The predicted octanol–water partition coefficient (Wildman–Crippen LogP) is 2.61. The van der Waals surface area contributed by atoms with Crippen molar-refractivity contribution in [1.29, 1.82) is 0 Å². The van der Waals surface area contributed by atoms with E-state index in [2.05, 4.69) is 22.8 Å². The van der Waals surface area contributed by atoms with Crippen molar-refractivity contribution in [3.05, 3.63) is 35.4 Å². The highest BCUT2D eigenvalue weighted by atomic mass is 32.1. The molecule has 0 aliphatic carbocycles. The van der Waals surface area contributed by atoms with Gasteiger partial charge in [-0.3, -0.25) is 0 Å². The van der Waals surface area contributed by atoms with Gasteiger partial charge in [0, 0.05) is 11.3 Å².